The number of alkyl halides is 1. The minimum atomic E-state index is 0.00270. The van der Waals surface area contributed by atoms with E-state index in [9.17, 15) is 4.79 Å². The van der Waals surface area contributed by atoms with E-state index >= 15 is 0 Å². The van der Waals surface area contributed by atoms with Gasteiger partial charge in [0.2, 0.25) is 11.9 Å². The smallest absolute Gasteiger partial charge is 0.233 e. The Hall–Kier alpha value is -0.870. The summed E-state index contributed by atoms with van der Waals surface area (Å²) < 4.78 is 0. The topological polar surface area (TPSA) is 46.1 Å². The third-order valence-electron chi connectivity index (χ3n) is 2.27. The molecule has 1 amide bonds. The molecule has 0 aliphatic carbocycles. The fraction of sp³-hybridized carbons (Fsp3) is 0.444. The van der Waals surface area contributed by atoms with Crippen molar-refractivity contribution in [2.45, 2.75) is 6.42 Å². The molecule has 1 aliphatic rings. The zero-order valence-corrected chi connectivity index (χ0v) is 9.37. The minimum absolute atomic E-state index is 0.00270. The van der Waals surface area contributed by atoms with Crippen LogP contribution in [-0.4, -0.2) is 28.3 Å². The van der Waals surface area contributed by atoms with Gasteiger partial charge in [-0.15, -0.1) is 11.6 Å². The third-order valence-corrected chi connectivity index (χ3v) is 2.92. The fourth-order valence-corrected chi connectivity index (χ4v) is 1.87. The molecule has 2 rings (SSSR count). The molecular formula is C9H9Cl2N3O. The van der Waals surface area contributed by atoms with Crippen LogP contribution in [0.15, 0.2) is 12.3 Å². The summed E-state index contributed by atoms with van der Waals surface area (Å²) >= 11 is 11.4. The number of anilines is 1. The Morgan fingerprint density at radius 1 is 1.60 bits per heavy atom. The van der Waals surface area contributed by atoms with Gasteiger partial charge in [0, 0.05) is 25.0 Å². The molecule has 0 aromatic carbocycles. The van der Waals surface area contributed by atoms with Gasteiger partial charge in [0.25, 0.3) is 0 Å². The molecule has 1 unspecified atom stereocenters. The van der Waals surface area contributed by atoms with Crippen molar-refractivity contribution in [2.75, 3.05) is 17.3 Å². The SMILES string of the molecule is O=C1CC(CCl)CN1c1nccc(Cl)n1. The van der Waals surface area contributed by atoms with Gasteiger partial charge in [-0.2, -0.15) is 0 Å². The Morgan fingerprint density at radius 3 is 3.00 bits per heavy atom. The van der Waals surface area contributed by atoms with Crippen LogP contribution in [0.1, 0.15) is 6.42 Å². The minimum Gasteiger partial charge on any atom is -0.280 e. The number of nitrogens with zero attached hydrogens (tertiary/aromatic N) is 3. The summed E-state index contributed by atoms with van der Waals surface area (Å²) in [7, 11) is 0. The van der Waals surface area contributed by atoms with Gasteiger partial charge in [-0.1, -0.05) is 11.6 Å². The Balaban J connectivity index is 2.21. The number of hydrogen-bond donors (Lipinski definition) is 0. The molecule has 1 aromatic rings. The highest BCUT2D eigenvalue weighted by Crippen LogP contribution is 2.23. The maximum atomic E-state index is 11.6. The molecule has 0 radical (unpaired) electrons. The van der Waals surface area contributed by atoms with Crippen LogP contribution in [0.4, 0.5) is 5.95 Å². The number of hydrogen-bond acceptors (Lipinski definition) is 3. The second kappa shape index (κ2) is 4.33. The first-order chi connectivity index (χ1) is 7.20. The molecule has 0 N–H and O–H groups in total. The zero-order valence-electron chi connectivity index (χ0n) is 7.86. The lowest BCUT2D eigenvalue weighted by atomic mass is 10.2. The van der Waals surface area contributed by atoms with Crippen molar-refractivity contribution in [2.24, 2.45) is 5.92 Å². The highest BCUT2D eigenvalue weighted by molar-refractivity contribution is 6.29. The van der Waals surface area contributed by atoms with Gasteiger partial charge in [-0.3, -0.25) is 9.69 Å². The van der Waals surface area contributed by atoms with Crippen molar-refractivity contribution in [3.05, 3.63) is 17.4 Å². The lowest BCUT2D eigenvalue weighted by Crippen LogP contribution is -2.26. The van der Waals surface area contributed by atoms with Gasteiger partial charge in [0.05, 0.1) is 0 Å². The molecule has 1 atom stereocenters. The number of halogens is 2. The van der Waals surface area contributed by atoms with Crippen LogP contribution in [0.25, 0.3) is 0 Å². The average Bonchev–Trinajstić information content (AvgIpc) is 2.60. The standard InChI is InChI=1S/C9H9Cl2N3O/c10-4-6-3-8(15)14(5-6)9-12-2-1-7(11)13-9/h1-2,6H,3-5H2. The molecule has 0 bridgehead atoms. The summed E-state index contributed by atoms with van der Waals surface area (Å²) in [6.45, 7) is 0.572. The van der Waals surface area contributed by atoms with Crippen molar-refractivity contribution in [3.63, 3.8) is 0 Å². The number of rotatable bonds is 2. The van der Waals surface area contributed by atoms with Gasteiger partial charge in [-0.25, -0.2) is 9.97 Å². The second-order valence-corrected chi connectivity index (χ2v) is 4.10. The van der Waals surface area contributed by atoms with E-state index in [1.807, 2.05) is 0 Å². The van der Waals surface area contributed by atoms with Crippen molar-refractivity contribution in [3.8, 4) is 0 Å². The fourth-order valence-electron chi connectivity index (χ4n) is 1.54. The van der Waals surface area contributed by atoms with E-state index in [4.69, 9.17) is 23.2 Å². The number of carbonyl (C=O) groups excluding carboxylic acids is 1. The maximum absolute atomic E-state index is 11.6. The number of aromatic nitrogens is 2. The largest absolute Gasteiger partial charge is 0.280 e. The first kappa shape index (κ1) is 10.6. The first-order valence-corrected chi connectivity index (χ1v) is 5.47. The summed E-state index contributed by atoms with van der Waals surface area (Å²) in [6.07, 6.45) is 1.99. The maximum Gasteiger partial charge on any atom is 0.233 e. The molecular weight excluding hydrogens is 237 g/mol. The molecule has 1 aromatic heterocycles. The predicted molar refractivity (Wildman–Crippen MR) is 58.2 cm³/mol. The van der Waals surface area contributed by atoms with E-state index in [1.54, 1.807) is 6.07 Å². The molecule has 0 saturated carbocycles. The quantitative estimate of drug-likeness (QED) is 0.589. The van der Waals surface area contributed by atoms with Crippen LogP contribution >= 0.6 is 23.2 Å². The van der Waals surface area contributed by atoms with Gasteiger partial charge in [0.1, 0.15) is 5.15 Å². The first-order valence-electron chi connectivity index (χ1n) is 4.55. The van der Waals surface area contributed by atoms with Crippen molar-refractivity contribution >= 4 is 35.1 Å². The Bertz CT molecular complexity index is 385. The molecule has 4 nitrogen and oxygen atoms in total. The van der Waals surface area contributed by atoms with Gasteiger partial charge in [0.15, 0.2) is 0 Å². The van der Waals surface area contributed by atoms with Crippen LogP contribution in [-0.2, 0) is 4.79 Å². The van der Waals surface area contributed by atoms with Crippen LogP contribution in [0.3, 0.4) is 0 Å². The number of carbonyl (C=O) groups is 1. The average molecular weight is 246 g/mol. The third kappa shape index (κ3) is 2.21. The molecule has 15 heavy (non-hydrogen) atoms. The van der Waals surface area contributed by atoms with E-state index < -0.39 is 0 Å². The number of amides is 1. The lowest BCUT2D eigenvalue weighted by molar-refractivity contribution is -0.117. The van der Waals surface area contributed by atoms with Gasteiger partial charge < -0.3 is 0 Å². The van der Waals surface area contributed by atoms with Crippen LogP contribution in [0.2, 0.25) is 5.15 Å². The molecule has 0 spiro atoms. The van der Waals surface area contributed by atoms with Crippen LogP contribution < -0.4 is 4.90 Å². The van der Waals surface area contributed by atoms with Crippen molar-refractivity contribution in [1.82, 2.24) is 9.97 Å². The Kier molecular flexibility index (Phi) is 3.07. The summed E-state index contributed by atoms with van der Waals surface area (Å²) in [4.78, 5) is 21.1. The lowest BCUT2D eigenvalue weighted by Gasteiger charge is -2.13. The van der Waals surface area contributed by atoms with E-state index in [0.29, 0.717) is 29.9 Å². The molecule has 6 heteroatoms. The van der Waals surface area contributed by atoms with Crippen molar-refractivity contribution in [1.29, 1.82) is 0 Å². The highest BCUT2D eigenvalue weighted by Gasteiger charge is 2.31. The zero-order chi connectivity index (χ0) is 10.8. The Labute approximate surface area is 97.2 Å². The second-order valence-electron chi connectivity index (χ2n) is 3.41. The monoisotopic (exact) mass is 245 g/mol. The molecule has 80 valence electrons. The normalized spacial score (nSPS) is 21.1. The van der Waals surface area contributed by atoms with E-state index in [-0.39, 0.29) is 11.8 Å². The summed E-state index contributed by atoms with van der Waals surface area (Å²) in [5, 5.41) is 0.335. The van der Waals surface area contributed by atoms with E-state index in [1.165, 1.54) is 11.1 Å². The Morgan fingerprint density at radius 2 is 2.40 bits per heavy atom. The highest BCUT2D eigenvalue weighted by atomic mass is 35.5. The molecule has 1 fully saturated rings. The van der Waals surface area contributed by atoms with Crippen molar-refractivity contribution < 1.29 is 4.79 Å². The summed E-state index contributed by atoms with van der Waals surface area (Å²) in [5.41, 5.74) is 0. The molecule has 1 saturated heterocycles. The van der Waals surface area contributed by atoms with E-state index in [2.05, 4.69) is 9.97 Å². The van der Waals surface area contributed by atoms with Crippen LogP contribution in [0, 0.1) is 5.92 Å². The molecule has 1 aliphatic heterocycles. The predicted octanol–water partition coefficient (Wildman–Crippen LogP) is 1.72. The van der Waals surface area contributed by atoms with E-state index in [0.717, 1.165) is 0 Å². The summed E-state index contributed by atoms with van der Waals surface area (Å²) in [6, 6.07) is 1.57. The molecule has 2 heterocycles. The summed E-state index contributed by atoms with van der Waals surface area (Å²) in [5.74, 6) is 1.02. The van der Waals surface area contributed by atoms with Gasteiger partial charge >= 0.3 is 0 Å². The van der Waals surface area contributed by atoms with Gasteiger partial charge in [-0.05, 0) is 12.0 Å². The van der Waals surface area contributed by atoms with Crippen LogP contribution in [0.5, 0.6) is 0 Å².